The fraction of sp³-hybridized carbons (Fsp3) is 0.500. The standard InChI is InChI=1S/C14H19N3O3S/c1-14(5-2-6-21-14)9-16-13(20)17-11-4-3-10(15-8-11)7-12(18)19/h3-4,8H,2,5-7,9H2,1H3,(H,18,19)(H2,16,17,20). The van der Waals surface area contributed by atoms with Crippen molar-refractivity contribution in [2.45, 2.75) is 30.9 Å². The Morgan fingerprint density at radius 1 is 1.48 bits per heavy atom. The maximum Gasteiger partial charge on any atom is 0.319 e. The molecule has 21 heavy (non-hydrogen) atoms. The van der Waals surface area contributed by atoms with Gasteiger partial charge in [0, 0.05) is 11.3 Å². The molecule has 1 saturated heterocycles. The number of carboxylic acids is 1. The molecule has 0 aliphatic carbocycles. The van der Waals surface area contributed by atoms with Gasteiger partial charge in [-0.2, -0.15) is 11.8 Å². The molecular weight excluding hydrogens is 290 g/mol. The van der Waals surface area contributed by atoms with Gasteiger partial charge in [0.25, 0.3) is 0 Å². The van der Waals surface area contributed by atoms with Crippen molar-refractivity contribution in [2.24, 2.45) is 0 Å². The van der Waals surface area contributed by atoms with Crippen LogP contribution in [-0.2, 0) is 11.2 Å². The van der Waals surface area contributed by atoms with Crippen LogP contribution in [0.4, 0.5) is 10.5 Å². The second-order valence-electron chi connectivity index (χ2n) is 5.32. The fourth-order valence-corrected chi connectivity index (χ4v) is 3.42. The molecule has 3 N–H and O–H groups in total. The van der Waals surface area contributed by atoms with Crippen LogP contribution in [0.15, 0.2) is 18.3 Å². The van der Waals surface area contributed by atoms with Crippen molar-refractivity contribution in [1.29, 1.82) is 0 Å². The highest BCUT2D eigenvalue weighted by Crippen LogP contribution is 2.36. The second-order valence-corrected chi connectivity index (χ2v) is 7.00. The summed E-state index contributed by atoms with van der Waals surface area (Å²) in [7, 11) is 0. The average molecular weight is 309 g/mol. The van der Waals surface area contributed by atoms with Crippen LogP contribution in [0, 0.1) is 0 Å². The molecule has 1 aromatic rings. The molecule has 1 aromatic heterocycles. The largest absolute Gasteiger partial charge is 0.481 e. The van der Waals surface area contributed by atoms with Crippen LogP contribution in [0.2, 0.25) is 0 Å². The monoisotopic (exact) mass is 309 g/mol. The Morgan fingerprint density at radius 2 is 2.29 bits per heavy atom. The third kappa shape index (κ3) is 4.93. The summed E-state index contributed by atoms with van der Waals surface area (Å²) in [5.41, 5.74) is 1.01. The SMILES string of the molecule is CC1(CNC(=O)Nc2ccc(CC(=O)O)nc2)CCCS1. The minimum Gasteiger partial charge on any atom is -0.481 e. The topological polar surface area (TPSA) is 91.3 Å². The normalized spacial score (nSPS) is 21.0. The number of rotatable bonds is 5. The molecular formula is C14H19N3O3S. The van der Waals surface area contributed by atoms with Crippen LogP contribution >= 0.6 is 11.8 Å². The third-order valence-electron chi connectivity index (χ3n) is 3.34. The number of nitrogens with one attached hydrogen (secondary N) is 2. The van der Waals surface area contributed by atoms with E-state index >= 15 is 0 Å². The molecule has 1 unspecified atom stereocenters. The van der Waals surface area contributed by atoms with E-state index in [2.05, 4.69) is 22.5 Å². The number of amides is 2. The van der Waals surface area contributed by atoms with Gasteiger partial charge in [0.1, 0.15) is 0 Å². The number of urea groups is 1. The first-order valence-corrected chi connectivity index (χ1v) is 7.81. The molecule has 1 fully saturated rings. The Bertz CT molecular complexity index is 513. The number of carboxylic acid groups (broad SMARTS) is 1. The van der Waals surface area contributed by atoms with E-state index in [1.54, 1.807) is 12.1 Å². The van der Waals surface area contributed by atoms with Crippen LogP contribution in [0.1, 0.15) is 25.5 Å². The van der Waals surface area contributed by atoms with Gasteiger partial charge in [-0.25, -0.2) is 4.79 Å². The van der Waals surface area contributed by atoms with Gasteiger partial charge in [-0.1, -0.05) is 0 Å². The lowest BCUT2D eigenvalue weighted by atomic mass is 10.1. The fourth-order valence-electron chi connectivity index (χ4n) is 2.18. The molecule has 2 amide bonds. The van der Waals surface area contributed by atoms with Crippen molar-refractivity contribution in [1.82, 2.24) is 10.3 Å². The van der Waals surface area contributed by atoms with E-state index in [4.69, 9.17) is 5.11 Å². The zero-order valence-corrected chi connectivity index (χ0v) is 12.7. The molecule has 2 heterocycles. The van der Waals surface area contributed by atoms with E-state index in [0.717, 1.165) is 12.2 Å². The average Bonchev–Trinajstić information content (AvgIpc) is 2.86. The summed E-state index contributed by atoms with van der Waals surface area (Å²) in [4.78, 5) is 26.4. The summed E-state index contributed by atoms with van der Waals surface area (Å²) < 4.78 is 0.126. The lowest BCUT2D eigenvalue weighted by Crippen LogP contribution is -2.39. The first-order valence-electron chi connectivity index (χ1n) is 6.82. The van der Waals surface area contributed by atoms with E-state index in [1.165, 1.54) is 12.6 Å². The summed E-state index contributed by atoms with van der Waals surface area (Å²) >= 11 is 1.89. The Balaban J connectivity index is 1.80. The minimum atomic E-state index is -0.928. The van der Waals surface area contributed by atoms with Crippen molar-refractivity contribution in [3.05, 3.63) is 24.0 Å². The van der Waals surface area contributed by atoms with Gasteiger partial charge in [0.15, 0.2) is 0 Å². The molecule has 7 heteroatoms. The zero-order chi connectivity index (χ0) is 15.3. The zero-order valence-electron chi connectivity index (χ0n) is 11.9. The van der Waals surface area contributed by atoms with Crippen LogP contribution in [0.3, 0.4) is 0 Å². The predicted octanol–water partition coefficient (Wildman–Crippen LogP) is 2.12. The highest BCUT2D eigenvalue weighted by atomic mass is 32.2. The van der Waals surface area contributed by atoms with Crippen molar-refractivity contribution in [2.75, 3.05) is 17.6 Å². The van der Waals surface area contributed by atoms with E-state index < -0.39 is 5.97 Å². The van der Waals surface area contributed by atoms with Gasteiger partial charge >= 0.3 is 12.0 Å². The number of aliphatic carboxylic acids is 1. The van der Waals surface area contributed by atoms with Gasteiger partial charge in [-0.05, 0) is 37.7 Å². The Kier molecular flexibility index (Phi) is 5.06. The van der Waals surface area contributed by atoms with Gasteiger partial charge < -0.3 is 15.7 Å². The first-order chi connectivity index (χ1) is 9.97. The molecule has 114 valence electrons. The summed E-state index contributed by atoms with van der Waals surface area (Å²) in [5.74, 6) is 0.220. The van der Waals surface area contributed by atoms with E-state index in [-0.39, 0.29) is 17.2 Å². The number of anilines is 1. The number of aromatic nitrogens is 1. The first kappa shape index (κ1) is 15.6. The van der Waals surface area contributed by atoms with Crippen LogP contribution in [0.25, 0.3) is 0 Å². The number of pyridine rings is 1. The molecule has 0 saturated carbocycles. The molecule has 2 rings (SSSR count). The van der Waals surface area contributed by atoms with E-state index in [1.807, 2.05) is 11.8 Å². The number of hydrogen-bond donors (Lipinski definition) is 3. The van der Waals surface area contributed by atoms with Crippen molar-refractivity contribution in [3.63, 3.8) is 0 Å². The highest BCUT2D eigenvalue weighted by Gasteiger charge is 2.29. The third-order valence-corrected chi connectivity index (χ3v) is 4.88. The molecule has 1 aliphatic heterocycles. The molecule has 0 spiro atoms. The smallest absolute Gasteiger partial charge is 0.319 e. The second kappa shape index (κ2) is 6.80. The van der Waals surface area contributed by atoms with Crippen LogP contribution in [-0.4, -0.2) is 39.1 Å². The van der Waals surface area contributed by atoms with Gasteiger partial charge in [0.2, 0.25) is 0 Å². The number of carbonyl (C=O) groups is 2. The molecule has 6 nitrogen and oxygen atoms in total. The summed E-state index contributed by atoms with van der Waals surface area (Å²) in [6, 6.07) is 2.98. The predicted molar refractivity (Wildman–Crippen MR) is 82.7 cm³/mol. The Hall–Kier alpha value is -1.76. The molecule has 1 aliphatic rings. The van der Waals surface area contributed by atoms with E-state index in [0.29, 0.717) is 17.9 Å². The highest BCUT2D eigenvalue weighted by molar-refractivity contribution is 8.00. The Morgan fingerprint density at radius 3 is 2.86 bits per heavy atom. The number of carbonyl (C=O) groups excluding carboxylic acids is 1. The summed E-state index contributed by atoms with van der Waals surface area (Å²) in [6.45, 7) is 2.79. The number of hydrogen-bond acceptors (Lipinski definition) is 4. The summed E-state index contributed by atoms with van der Waals surface area (Å²) in [5, 5.41) is 14.2. The van der Waals surface area contributed by atoms with Crippen molar-refractivity contribution < 1.29 is 14.7 Å². The van der Waals surface area contributed by atoms with Crippen molar-refractivity contribution in [3.8, 4) is 0 Å². The van der Waals surface area contributed by atoms with Crippen LogP contribution in [0.5, 0.6) is 0 Å². The lowest BCUT2D eigenvalue weighted by molar-refractivity contribution is -0.136. The molecule has 1 atom stereocenters. The number of nitrogens with zero attached hydrogens (tertiary/aromatic N) is 1. The number of thioether (sulfide) groups is 1. The molecule has 0 bridgehead atoms. The maximum atomic E-state index is 11.8. The summed E-state index contributed by atoms with van der Waals surface area (Å²) in [6.07, 6.45) is 3.65. The van der Waals surface area contributed by atoms with Gasteiger partial charge in [0.05, 0.1) is 24.0 Å². The quantitative estimate of drug-likeness (QED) is 0.775. The lowest BCUT2D eigenvalue weighted by Gasteiger charge is -2.22. The maximum absolute atomic E-state index is 11.8. The van der Waals surface area contributed by atoms with Gasteiger partial charge in [-0.15, -0.1) is 0 Å². The minimum absolute atomic E-state index is 0.123. The molecule has 0 aromatic carbocycles. The Labute approximate surface area is 127 Å². The molecule has 0 radical (unpaired) electrons. The van der Waals surface area contributed by atoms with Crippen LogP contribution < -0.4 is 10.6 Å². The van der Waals surface area contributed by atoms with Crippen molar-refractivity contribution >= 4 is 29.4 Å². The van der Waals surface area contributed by atoms with Gasteiger partial charge in [-0.3, -0.25) is 9.78 Å². The van der Waals surface area contributed by atoms with E-state index in [9.17, 15) is 9.59 Å².